The number of terminal acetylenes is 1. The van der Waals surface area contributed by atoms with E-state index in [1.807, 2.05) is 30.3 Å². The average Bonchev–Trinajstić information content (AvgIpc) is 2.79. The fourth-order valence-corrected chi connectivity index (χ4v) is 3.24. The summed E-state index contributed by atoms with van der Waals surface area (Å²) in [5.74, 6) is -1.32. The molecule has 0 aromatic heterocycles. The summed E-state index contributed by atoms with van der Waals surface area (Å²) in [5.41, 5.74) is 1.34. The molecule has 8 heteroatoms. The molecule has 0 aliphatic rings. The van der Waals surface area contributed by atoms with E-state index in [9.17, 15) is 19.5 Å². The van der Waals surface area contributed by atoms with Gasteiger partial charge in [-0.25, -0.2) is 4.79 Å². The van der Waals surface area contributed by atoms with Crippen LogP contribution in [0.25, 0.3) is 0 Å². The SMILES string of the molecule is C#CN(C(=O)C(CO)NC(=O)OC(C)(C)C)C(C(=O)NCc1ccccc1)c1ccccc1C. The highest BCUT2D eigenvalue weighted by Gasteiger charge is 2.36. The van der Waals surface area contributed by atoms with Crippen molar-refractivity contribution in [2.75, 3.05) is 6.61 Å². The van der Waals surface area contributed by atoms with Crippen molar-refractivity contribution in [2.24, 2.45) is 0 Å². The van der Waals surface area contributed by atoms with Crippen molar-refractivity contribution in [1.82, 2.24) is 15.5 Å². The lowest BCUT2D eigenvalue weighted by Crippen LogP contribution is -2.53. The Hall–Kier alpha value is -3.83. The molecule has 0 fully saturated rings. The number of alkyl carbamates (subject to hydrolysis) is 1. The quantitative estimate of drug-likeness (QED) is 0.410. The van der Waals surface area contributed by atoms with E-state index < -0.39 is 42.2 Å². The number of aryl methyl sites for hydroxylation is 1. The van der Waals surface area contributed by atoms with Crippen molar-refractivity contribution in [3.63, 3.8) is 0 Å². The summed E-state index contributed by atoms with van der Waals surface area (Å²) in [5, 5.41) is 14.9. The molecule has 2 unspecified atom stereocenters. The molecule has 8 nitrogen and oxygen atoms in total. The van der Waals surface area contributed by atoms with Crippen molar-refractivity contribution in [3.8, 4) is 12.5 Å². The molecule has 2 atom stereocenters. The minimum Gasteiger partial charge on any atom is -0.444 e. The van der Waals surface area contributed by atoms with Crippen molar-refractivity contribution in [3.05, 3.63) is 71.3 Å². The zero-order chi connectivity index (χ0) is 25.3. The molecule has 0 saturated heterocycles. The number of carbonyl (C=O) groups is 3. The van der Waals surface area contributed by atoms with Crippen molar-refractivity contribution in [2.45, 2.75) is 51.9 Å². The van der Waals surface area contributed by atoms with E-state index in [1.165, 1.54) is 0 Å². The zero-order valence-corrected chi connectivity index (χ0v) is 19.9. The number of carbonyl (C=O) groups excluding carboxylic acids is 3. The fourth-order valence-electron chi connectivity index (χ4n) is 3.24. The van der Waals surface area contributed by atoms with Crippen molar-refractivity contribution >= 4 is 17.9 Å². The standard InChI is InChI=1S/C26H31N3O5/c1-6-29(24(32)21(17-30)28-25(33)34-26(3,4)5)22(20-15-11-10-12-18(20)2)23(31)27-16-19-13-8-7-9-14-19/h1,7-15,21-22,30H,16-17H2,2-5H3,(H,27,31)(H,28,33). The first-order valence-corrected chi connectivity index (χ1v) is 10.8. The number of hydrogen-bond acceptors (Lipinski definition) is 5. The summed E-state index contributed by atoms with van der Waals surface area (Å²) in [6, 6.07) is 16.0. The minimum absolute atomic E-state index is 0.230. The molecule has 34 heavy (non-hydrogen) atoms. The third-order valence-corrected chi connectivity index (χ3v) is 4.85. The van der Waals surface area contributed by atoms with Gasteiger partial charge in [0, 0.05) is 12.6 Å². The van der Waals surface area contributed by atoms with Crippen molar-refractivity contribution < 1.29 is 24.2 Å². The minimum atomic E-state index is -1.40. The lowest BCUT2D eigenvalue weighted by atomic mass is 9.98. The lowest BCUT2D eigenvalue weighted by Gasteiger charge is -2.30. The van der Waals surface area contributed by atoms with Crippen LogP contribution in [0.1, 0.15) is 43.5 Å². The van der Waals surface area contributed by atoms with E-state index in [4.69, 9.17) is 11.2 Å². The molecule has 0 radical (unpaired) electrons. The summed E-state index contributed by atoms with van der Waals surface area (Å²) in [6.07, 6.45) is 4.79. The second kappa shape index (κ2) is 11.9. The number of nitrogens with zero attached hydrogens (tertiary/aromatic N) is 1. The van der Waals surface area contributed by atoms with Gasteiger partial charge >= 0.3 is 6.09 Å². The first kappa shape index (κ1) is 26.4. The van der Waals surface area contributed by atoms with Crippen LogP contribution in [-0.2, 0) is 20.9 Å². The van der Waals surface area contributed by atoms with Crippen LogP contribution < -0.4 is 10.6 Å². The van der Waals surface area contributed by atoms with E-state index in [0.29, 0.717) is 5.56 Å². The molecule has 3 N–H and O–H groups in total. The van der Waals surface area contributed by atoms with E-state index in [-0.39, 0.29) is 6.54 Å². The molecular formula is C26H31N3O5. The van der Waals surface area contributed by atoms with E-state index >= 15 is 0 Å². The number of nitrogens with one attached hydrogen (secondary N) is 2. The van der Waals surface area contributed by atoms with Gasteiger partial charge in [-0.2, -0.15) is 0 Å². The summed E-state index contributed by atoms with van der Waals surface area (Å²) >= 11 is 0. The van der Waals surface area contributed by atoms with Crippen LogP contribution in [0.3, 0.4) is 0 Å². The highest BCUT2D eigenvalue weighted by atomic mass is 16.6. The Balaban J connectivity index is 2.33. The summed E-state index contributed by atoms with van der Waals surface area (Å²) in [4.78, 5) is 39.7. The van der Waals surface area contributed by atoms with Gasteiger partial charge in [0.05, 0.1) is 6.61 Å². The van der Waals surface area contributed by atoms with Gasteiger partial charge in [-0.15, -0.1) is 0 Å². The van der Waals surface area contributed by atoms with Gasteiger partial charge in [0.2, 0.25) is 5.91 Å². The third-order valence-electron chi connectivity index (χ3n) is 4.85. The highest BCUT2D eigenvalue weighted by molar-refractivity contribution is 5.93. The van der Waals surface area contributed by atoms with Crippen LogP contribution in [0.15, 0.2) is 54.6 Å². The molecule has 2 rings (SSSR count). The van der Waals surface area contributed by atoms with Crippen LogP contribution in [0.5, 0.6) is 0 Å². The topological polar surface area (TPSA) is 108 Å². The van der Waals surface area contributed by atoms with Crippen LogP contribution in [-0.4, -0.2) is 46.2 Å². The smallest absolute Gasteiger partial charge is 0.408 e. The average molecular weight is 466 g/mol. The molecule has 0 aliphatic heterocycles. The Labute approximate surface area is 200 Å². The lowest BCUT2D eigenvalue weighted by molar-refractivity contribution is -0.139. The maximum absolute atomic E-state index is 13.3. The molecule has 180 valence electrons. The molecule has 0 spiro atoms. The number of benzene rings is 2. The molecule has 3 amide bonds. The summed E-state index contributed by atoms with van der Waals surface area (Å²) < 4.78 is 5.17. The van der Waals surface area contributed by atoms with Gasteiger partial charge in [-0.05, 0) is 44.4 Å². The zero-order valence-electron chi connectivity index (χ0n) is 19.9. The maximum atomic E-state index is 13.3. The molecule has 2 aromatic rings. The molecule has 0 bridgehead atoms. The Morgan fingerprint density at radius 3 is 2.26 bits per heavy atom. The number of aliphatic hydroxyl groups is 1. The first-order chi connectivity index (χ1) is 16.1. The van der Waals surface area contributed by atoms with Crippen LogP contribution in [0.4, 0.5) is 4.79 Å². The number of hydrogen-bond donors (Lipinski definition) is 3. The summed E-state index contributed by atoms with van der Waals surface area (Å²) in [7, 11) is 0. The second-order valence-corrected chi connectivity index (χ2v) is 8.68. The maximum Gasteiger partial charge on any atom is 0.408 e. The Bertz CT molecular complexity index is 1040. The van der Waals surface area contributed by atoms with Crippen LogP contribution in [0.2, 0.25) is 0 Å². The predicted octanol–water partition coefficient (Wildman–Crippen LogP) is 2.66. The van der Waals surface area contributed by atoms with Crippen LogP contribution in [0, 0.1) is 19.4 Å². The van der Waals surface area contributed by atoms with E-state index in [0.717, 1.165) is 16.0 Å². The Kier molecular flexibility index (Phi) is 9.22. The molecule has 0 aliphatic carbocycles. The van der Waals surface area contributed by atoms with Gasteiger partial charge in [-0.3, -0.25) is 14.5 Å². The monoisotopic (exact) mass is 465 g/mol. The molecular weight excluding hydrogens is 434 g/mol. The van der Waals surface area contributed by atoms with Gasteiger partial charge in [0.25, 0.3) is 5.91 Å². The number of aliphatic hydroxyl groups excluding tert-OH is 1. The van der Waals surface area contributed by atoms with Gasteiger partial charge in [0.1, 0.15) is 17.7 Å². The van der Waals surface area contributed by atoms with Gasteiger partial charge in [0.15, 0.2) is 0 Å². The van der Waals surface area contributed by atoms with E-state index in [2.05, 4.69) is 16.7 Å². The second-order valence-electron chi connectivity index (χ2n) is 8.68. The Morgan fingerprint density at radius 1 is 1.09 bits per heavy atom. The summed E-state index contributed by atoms with van der Waals surface area (Å²) in [6.45, 7) is 6.30. The van der Waals surface area contributed by atoms with Crippen LogP contribution >= 0.6 is 0 Å². The first-order valence-electron chi connectivity index (χ1n) is 10.8. The van der Waals surface area contributed by atoms with E-state index in [1.54, 1.807) is 52.0 Å². The highest BCUT2D eigenvalue weighted by Crippen LogP contribution is 2.25. The van der Waals surface area contributed by atoms with Gasteiger partial charge < -0.3 is 20.5 Å². The number of amides is 3. The largest absolute Gasteiger partial charge is 0.444 e. The molecule has 0 heterocycles. The van der Waals surface area contributed by atoms with Gasteiger partial charge in [-0.1, -0.05) is 61.0 Å². The van der Waals surface area contributed by atoms with Crippen molar-refractivity contribution in [1.29, 1.82) is 0 Å². The third kappa shape index (κ3) is 7.36. The fraction of sp³-hybridized carbons (Fsp3) is 0.346. The molecule has 2 aromatic carbocycles. The normalized spacial score (nSPS) is 12.6. The number of rotatable bonds is 8. The Morgan fingerprint density at radius 2 is 1.71 bits per heavy atom. The predicted molar refractivity (Wildman–Crippen MR) is 128 cm³/mol. The molecule has 0 saturated carbocycles. The number of ether oxygens (including phenoxy) is 1.